The fourth-order valence-corrected chi connectivity index (χ4v) is 0. The third-order valence-electron chi connectivity index (χ3n) is 0. The van der Waals surface area contributed by atoms with Gasteiger partial charge in [-0.3, -0.25) is 0 Å². The van der Waals surface area contributed by atoms with Gasteiger partial charge in [-0.25, -0.2) is 0 Å². The quantitative estimate of drug-likeness (QED) is 0.302. The first-order chi connectivity index (χ1) is 0. The first-order valence-electron chi connectivity index (χ1n) is 0. The van der Waals surface area contributed by atoms with Crippen molar-refractivity contribution in [1.82, 2.24) is 0 Å². The summed E-state index contributed by atoms with van der Waals surface area (Å²) in [4.78, 5) is 0. The Labute approximate surface area is 81.1 Å². The van der Waals surface area contributed by atoms with Gasteiger partial charge in [0.1, 0.15) is 0 Å². The van der Waals surface area contributed by atoms with E-state index in [1.807, 2.05) is 0 Å². The summed E-state index contributed by atoms with van der Waals surface area (Å²) in [6, 6.07) is 0. The molecule has 0 unspecified atom stereocenters. The van der Waals surface area contributed by atoms with Gasteiger partial charge in [-0.1, -0.05) is 0 Å². The van der Waals surface area contributed by atoms with Gasteiger partial charge in [0.25, 0.3) is 0 Å². The van der Waals surface area contributed by atoms with Gasteiger partial charge in [0.2, 0.25) is 0 Å². The van der Waals surface area contributed by atoms with E-state index >= 15 is 0 Å². The Balaban J connectivity index is 0. The Hall–Kier alpha value is 1.95. The van der Waals surface area contributed by atoms with Crippen LogP contribution < -0.4 is 65.5 Å². The SMILES string of the molecule is [F-].[F-].[F-].[Fe+2].[K+]. The monoisotopic (exact) mass is 152 g/mol. The maximum Gasteiger partial charge on any atom is 2.00 e. The zero-order valence-corrected chi connectivity index (χ0v) is 6.71. The van der Waals surface area contributed by atoms with Crippen molar-refractivity contribution < 1.29 is 82.6 Å². The molecule has 30 valence electrons. The van der Waals surface area contributed by atoms with Gasteiger partial charge < -0.3 is 14.1 Å². The van der Waals surface area contributed by atoms with Crippen LogP contribution in [0.15, 0.2) is 0 Å². The number of hydrogen-bond acceptors (Lipinski definition) is 0. The number of rotatable bonds is 0. The van der Waals surface area contributed by atoms with Crippen LogP contribution in [0.3, 0.4) is 0 Å². The van der Waals surface area contributed by atoms with Crippen molar-refractivity contribution in [2.24, 2.45) is 0 Å². The van der Waals surface area contributed by atoms with Crippen LogP contribution in [-0.4, -0.2) is 0 Å². The largest absolute Gasteiger partial charge is 2.00 e. The van der Waals surface area contributed by atoms with Crippen LogP contribution in [0.4, 0.5) is 0 Å². The van der Waals surface area contributed by atoms with Crippen LogP contribution in [0.1, 0.15) is 0 Å². The van der Waals surface area contributed by atoms with E-state index in [0.29, 0.717) is 0 Å². The van der Waals surface area contributed by atoms with Gasteiger partial charge in [-0.05, 0) is 0 Å². The molecule has 5 heavy (non-hydrogen) atoms. The molecule has 0 amide bonds. The van der Waals surface area contributed by atoms with Crippen LogP contribution in [0.2, 0.25) is 0 Å². The molecule has 0 rings (SSSR count). The summed E-state index contributed by atoms with van der Waals surface area (Å²) >= 11 is 0. The van der Waals surface area contributed by atoms with Crippen LogP contribution in [-0.2, 0) is 17.1 Å². The van der Waals surface area contributed by atoms with E-state index in [0.717, 1.165) is 0 Å². The van der Waals surface area contributed by atoms with Crippen LogP contribution in [0, 0.1) is 0 Å². The molecule has 0 nitrogen and oxygen atoms in total. The molecule has 0 saturated carbocycles. The smallest absolute Gasteiger partial charge is 1.00 e. The summed E-state index contributed by atoms with van der Waals surface area (Å²) in [6.45, 7) is 0. The summed E-state index contributed by atoms with van der Waals surface area (Å²) in [7, 11) is 0. The normalized spacial score (nSPS) is 0. The molecule has 0 heterocycles. The predicted molar refractivity (Wildman–Crippen MR) is 0 cm³/mol. The van der Waals surface area contributed by atoms with Crippen LogP contribution in [0.5, 0.6) is 0 Å². The van der Waals surface area contributed by atoms with Crippen LogP contribution >= 0.6 is 0 Å². The molecule has 0 aromatic carbocycles. The third-order valence-corrected chi connectivity index (χ3v) is 0. The second-order valence-electron chi connectivity index (χ2n) is 0. The molecular formula is F3FeK. The average Bonchev–Trinajstić information content (AvgIpc) is 0. The molecule has 0 atom stereocenters. The van der Waals surface area contributed by atoms with Crippen molar-refractivity contribution in [3.63, 3.8) is 0 Å². The van der Waals surface area contributed by atoms with Crippen molar-refractivity contribution in [2.45, 2.75) is 0 Å². The molecule has 0 N–H and O–H groups in total. The topological polar surface area (TPSA) is 0 Å². The van der Waals surface area contributed by atoms with Crippen molar-refractivity contribution in [2.75, 3.05) is 0 Å². The van der Waals surface area contributed by atoms with Crippen molar-refractivity contribution in [1.29, 1.82) is 0 Å². The van der Waals surface area contributed by atoms with E-state index in [9.17, 15) is 0 Å². The summed E-state index contributed by atoms with van der Waals surface area (Å²) in [5.41, 5.74) is 0. The Morgan fingerprint density at radius 1 is 0.600 bits per heavy atom. The summed E-state index contributed by atoms with van der Waals surface area (Å²) < 4.78 is 0. The van der Waals surface area contributed by atoms with Gasteiger partial charge in [-0.2, -0.15) is 0 Å². The van der Waals surface area contributed by atoms with Gasteiger partial charge in [0.15, 0.2) is 0 Å². The molecule has 0 aromatic heterocycles. The minimum Gasteiger partial charge on any atom is -1.00 e. The number of halogens is 3. The molecule has 0 fully saturated rings. The van der Waals surface area contributed by atoms with Gasteiger partial charge in [0.05, 0.1) is 0 Å². The molecular weight excluding hydrogens is 152 g/mol. The van der Waals surface area contributed by atoms with E-state index in [1.165, 1.54) is 0 Å². The first kappa shape index (κ1) is 64.9. The molecule has 0 aliphatic heterocycles. The van der Waals surface area contributed by atoms with E-state index in [2.05, 4.69) is 0 Å². The predicted octanol–water partition coefficient (Wildman–Crippen LogP) is -12.0. The first-order valence-corrected chi connectivity index (χ1v) is 0. The second kappa shape index (κ2) is 38.4. The molecule has 5 heteroatoms. The zero-order valence-electron chi connectivity index (χ0n) is 2.49. The minimum absolute atomic E-state index is 0. The van der Waals surface area contributed by atoms with E-state index in [-0.39, 0.29) is 82.6 Å². The number of hydrogen-bond donors (Lipinski definition) is 0. The fourth-order valence-electron chi connectivity index (χ4n) is 0. The average molecular weight is 152 g/mol. The van der Waals surface area contributed by atoms with E-state index in [4.69, 9.17) is 0 Å². The molecule has 0 saturated heterocycles. The van der Waals surface area contributed by atoms with Gasteiger partial charge in [0, 0.05) is 0 Å². The Kier molecular flexibility index (Phi) is 498. The standard InChI is InChI=1S/3FH.Fe.K/h3*1H;;/q;;;+2;+1/p-3. The van der Waals surface area contributed by atoms with E-state index in [1.54, 1.807) is 0 Å². The minimum atomic E-state index is 0. The van der Waals surface area contributed by atoms with Crippen LogP contribution in [0.25, 0.3) is 0 Å². The van der Waals surface area contributed by atoms with Gasteiger partial charge in [-0.15, -0.1) is 0 Å². The molecule has 0 bridgehead atoms. The zero-order chi connectivity index (χ0) is 0. The van der Waals surface area contributed by atoms with Crippen molar-refractivity contribution in [3.8, 4) is 0 Å². The third kappa shape index (κ3) is 24.4. The maximum atomic E-state index is 0. The second-order valence-corrected chi connectivity index (χ2v) is 0. The van der Waals surface area contributed by atoms with Crippen molar-refractivity contribution >= 4 is 0 Å². The van der Waals surface area contributed by atoms with Gasteiger partial charge >= 0.3 is 68.5 Å². The Morgan fingerprint density at radius 2 is 0.600 bits per heavy atom. The Morgan fingerprint density at radius 3 is 0.600 bits per heavy atom. The summed E-state index contributed by atoms with van der Waals surface area (Å²) in [5.74, 6) is 0. The molecule has 0 radical (unpaired) electrons. The summed E-state index contributed by atoms with van der Waals surface area (Å²) in [5, 5.41) is 0. The van der Waals surface area contributed by atoms with E-state index < -0.39 is 0 Å². The molecule has 0 aliphatic carbocycles. The fraction of sp³-hybridized carbons (Fsp3) is 0. The molecule has 0 aromatic rings. The maximum absolute atomic E-state index is 0. The molecule has 0 spiro atoms. The summed E-state index contributed by atoms with van der Waals surface area (Å²) in [6.07, 6.45) is 0. The van der Waals surface area contributed by atoms with Crippen molar-refractivity contribution in [3.05, 3.63) is 0 Å². The Bertz CT molecular complexity index is 6.85. The molecule has 0 aliphatic rings.